The van der Waals surface area contributed by atoms with E-state index in [1.165, 1.54) is 64.2 Å². The molecule has 0 heterocycles. The standard InChI is InChI=1S/C20H38O3/c1-3-5-7-9-11-12-14-16-20(18-21)23-19-22-17-15-13-10-8-6-4-2/h16,18H,3-15,17,19H2,1-2H3/b20-16+. The molecular formula is C20H38O3. The van der Waals surface area contributed by atoms with Crippen LogP contribution in [0.3, 0.4) is 0 Å². The highest BCUT2D eigenvalue weighted by atomic mass is 16.7. The van der Waals surface area contributed by atoms with Crippen LogP contribution in [0.2, 0.25) is 0 Å². The molecule has 0 fully saturated rings. The summed E-state index contributed by atoms with van der Waals surface area (Å²) < 4.78 is 10.8. The number of unbranched alkanes of at least 4 members (excludes halogenated alkanes) is 11. The maximum absolute atomic E-state index is 10.9. The average molecular weight is 327 g/mol. The van der Waals surface area contributed by atoms with E-state index in [4.69, 9.17) is 9.47 Å². The molecule has 0 saturated carbocycles. The molecule has 0 amide bonds. The predicted molar refractivity (Wildman–Crippen MR) is 97.4 cm³/mol. The lowest BCUT2D eigenvalue weighted by molar-refractivity contribution is -0.111. The second-order valence-electron chi connectivity index (χ2n) is 6.22. The highest BCUT2D eigenvalue weighted by molar-refractivity contribution is 5.69. The fraction of sp³-hybridized carbons (Fsp3) is 0.850. The summed E-state index contributed by atoms with van der Waals surface area (Å²) in [6, 6.07) is 0. The molecule has 0 aliphatic carbocycles. The van der Waals surface area contributed by atoms with Crippen LogP contribution in [0.1, 0.15) is 97.3 Å². The van der Waals surface area contributed by atoms with Gasteiger partial charge < -0.3 is 9.47 Å². The van der Waals surface area contributed by atoms with Gasteiger partial charge in [-0.2, -0.15) is 0 Å². The molecule has 0 unspecified atom stereocenters. The van der Waals surface area contributed by atoms with Gasteiger partial charge in [0.15, 0.2) is 18.8 Å². The Morgan fingerprint density at radius 2 is 1.35 bits per heavy atom. The highest BCUT2D eigenvalue weighted by Crippen LogP contribution is 2.09. The molecule has 3 heteroatoms. The molecule has 0 spiro atoms. The van der Waals surface area contributed by atoms with Gasteiger partial charge in [0, 0.05) is 0 Å². The first-order chi connectivity index (χ1) is 11.3. The zero-order valence-corrected chi connectivity index (χ0v) is 15.5. The first-order valence-corrected chi connectivity index (χ1v) is 9.71. The molecule has 0 atom stereocenters. The number of hydrogen-bond donors (Lipinski definition) is 0. The Labute approximate surface area is 143 Å². The van der Waals surface area contributed by atoms with Gasteiger partial charge in [-0.05, 0) is 25.3 Å². The van der Waals surface area contributed by atoms with Crippen molar-refractivity contribution in [3.8, 4) is 0 Å². The summed E-state index contributed by atoms with van der Waals surface area (Å²) in [6.07, 6.45) is 18.7. The van der Waals surface area contributed by atoms with Crippen molar-refractivity contribution in [1.29, 1.82) is 0 Å². The van der Waals surface area contributed by atoms with Crippen LogP contribution in [-0.4, -0.2) is 19.7 Å². The Balaban J connectivity index is 3.43. The maximum Gasteiger partial charge on any atom is 0.189 e. The molecule has 0 aliphatic rings. The molecule has 0 bridgehead atoms. The van der Waals surface area contributed by atoms with Gasteiger partial charge >= 0.3 is 0 Å². The molecule has 23 heavy (non-hydrogen) atoms. The monoisotopic (exact) mass is 326 g/mol. The molecular weight excluding hydrogens is 288 g/mol. The second kappa shape index (κ2) is 19.2. The zero-order chi connectivity index (χ0) is 17.0. The van der Waals surface area contributed by atoms with E-state index in [2.05, 4.69) is 13.8 Å². The highest BCUT2D eigenvalue weighted by Gasteiger charge is 1.97. The minimum Gasteiger partial charge on any atom is -0.464 e. The van der Waals surface area contributed by atoms with Gasteiger partial charge in [0.25, 0.3) is 0 Å². The minimum absolute atomic E-state index is 0.191. The van der Waals surface area contributed by atoms with Gasteiger partial charge in [-0.1, -0.05) is 78.1 Å². The summed E-state index contributed by atoms with van der Waals surface area (Å²) in [5.74, 6) is 0.418. The van der Waals surface area contributed by atoms with Gasteiger partial charge in [0.05, 0.1) is 6.61 Å². The number of aldehydes is 1. The number of carbonyl (C=O) groups excluding carboxylic acids is 1. The third kappa shape index (κ3) is 17.4. The van der Waals surface area contributed by atoms with Crippen LogP contribution in [0, 0.1) is 0 Å². The first kappa shape index (κ1) is 22.2. The molecule has 3 nitrogen and oxygen atoms in total. The number of hydrogen-bond acceptors (Lipinski definition) is 3. The van der Waals surface area contributed by atoms with Crippen LogP contribution >= 0.6 is 0 Å². The maximum atomic E-state index is 10.9. The number of carbonyl (C=O) groups is 1. The minimum atomic E-state index is 0.191. The second-order valence-corrected chi connectivity index (χ2v) is 6.22. The quantitative estimate of drug-likeness (QED) is 0.0993. The van der Waals surface area contributed by atoms with Crippen LogP contribution < -0.4 is 0 Å². The molecule has 0 aromatic rings. The molecule has 0 aromatic heterocycles. The number of ether oxygens (including phenoxy) is 2. The average Bonchev–Trinajstić information content (AvgIpc) is 2.57. The topological polar surface area (TPSA) is 35.5 Å². The molecule has 0 rings (SSSR count). The number of rotatable bonds is 18. The van der Waals surface area contributed by atoms with E-state index in [0.29, 0.717) is 5.76 Å². The van der Waals surface area contributed by atoms with Crippen LogP contribution in [0.15, 0.2) is 11.8 Å². The van der Waals surface area contributed by atoms with Crippen molar-refractivity contribution in [2.45, 2.75) is 97.3 Å². The fourth-order valence-electron chi connectivity index (χ4n) is 2.46. The van der Waals surface area contributed by atoms with Crippen LogP contribution in [0.4, 0.5) is 0 Å². The summed E-state index contributed by atoms with van der Waals surface area (Å²) in [5, 5.41) is 0. The Morgan fingerprint density at radius 3 is 1.96 bits per heavy atom. The Hall–Kier alpha value is -0.830. The SMILES string of the molecule is CCCCCCCC/C=C(\C=O)OCOCCCCCCCC. The summed E-state index contributed by atoms with van der Waals surface area (Å²) in [4.78, 5) is 10.9. The lowest BCUT2D eigenvalue weighted by Gasteiger charge is -2.07. The van der Waals surface area contributed by atoms with Crippen molar-refractivity contribution in [3.63, 3.8) is 0 Å². The largest absolute Gasteiger partial charge is 0.464 e. The molecule has 0 aromatic carbocycles. The van der Waals surface area contributed by atoms with Gasteiger partial charge in [-0.15, -0.1) is 0 Å². The molecule has 136 valence electrons. The van der Waals surface area contributed by atoms with Crippen molar-refractivity contribution in [3.05, 3.63) is 11.8 Å². The van der Waals surface area contributed by atoms with E-state index in [1.54, 1.807) is 0 Å². The van der Waals surface area contributed by atoms with Gasteiger partial charge in [0.1, 0.15) is 0 Å². The van der Waals surface area contributed by atoms with Gasteiger partial charge in [-0.3, -0.25) is 4.79 Å². The lowest BCUT2D eigenvalue weighted by atomic mass is 10.1. The normalized spacial score (nSPS) is 11.7. The first-order valence-electron chi connectivity index (χ1n) is 9.71. The van der Waals surface area contributed by atoms with E-state index in [9.17, 15) is 4.79 Å². The summed E-state index contributed by atoms with van der Waals surface area (Å²) in [5.41, 5.74) is 0. The number of allylic oxidation sites excluding steroid dienone is 2. The van der Waals surface area contributed by atoms with E-state index in [-0.39, 0.29) is 6.79 Å². The molecule has 0 aliphatic heterocycles. The fourth-order valence-corrected chi connectivity index (χ4v) is 2.46. The Morgan fingerprint density at radius 1 is 0.783 bits per heavy atom. The lowest BCUT2D eigenvalue weighted by Crippen LogP contribution is -2.02. The zero-order valence-electron chi connectivity index (χ0n) is 15.5. The van der Waals surface area contributed by atoms with Crippen molar-refractivity contribution < 1.29 is 14.3 Å². The summed E-state index contributed by atoms with van der Waals surface area (Å²) >= 11 is 0. The summed E-state index contributed by atoms with van der Waals surface area (Å²) in [6.45, 7) is 5.36. The van der Waals surface area contributed by atoms with E-state index in [0.717, 1.165) is 32.2 Å². The van der Waals surface area contributed by atoms with E-state index in [1.807, 2.05) is 6.08 Å². The van der Waals surface area contributed by atoms with Crippen molar-refractivity contribution in [1.82, 2.24) is 0 Å². The Bertz CT molecular complexity index is 274. The molecule has 0 radical (unpaired) electrons. The van der Waals surface area contributed by atoms with Gasteiger partial charge in [0.2, 0.25) is 0 Å². The van der Waals surface area contributed by atoms with Crippen LogP contribution in [0.25, 0.3) is 0 Å². The Kier molecular flexibility index (Phi) is 18.5. The third-order valence-corrected chi connectivity index (χ3v) is 3.97. The molecule has 0 saturated heterocycles. The van der Waals surface area contributed by atoms with E-state index >= 15 is 0 Å². The van der Waals surface area contributed by atoms with Gasteiger partial charge in [-0.25, -0.2) is 0 Å². The predicted octanol–water partition coefficient (Wildman–Crippen LogP) is 6.17. The van der Waals surface area contributed by atoms with Crippen LogP contribution in [-0.2, 0) is 14.3 Å². The van der Waals surface area contributed by atoms with E-state index < -0.39 is 0 Å². The molecule has 0 N–H and O–H groups in total. The van der Waals surface area contributed by atoms with Crippen molar-refractivity contribution in [2.24, 2.45) is 0 Å². The smallest absolute Gasteiger partial charge is 0.189 e. The third-order valence-electron chi connectivity index (χ3n) is 3.97. The summed E-state index contributed by atoms with van der Waals surface area (Å²) in [7, 11) is 0. The van der Waals surface area contributed by atoms with Crippen molar-refractivity contribution in [2.75, 3.05) is 13.4 Å². The van der Waals surface area contributed by atoms with Crippen molar-refractivity contribution >= 4 is 6.29 Å². The van der Waals surface area contributed by atoms with Crippen LogP contribution in [0.5, 0.6) is 0 Å².